The van der Waals surface area contributed by atoms with Crippen molar-refractivity contribution in [1.82, 2.24) is 4.90 Å². The largest absolute Gasteiger partial charge is 0.508 e. The number of nitrogens with zero attached hydrogens (tertiary/aromatic N) is 1. The number of hydrogen-bond acceptors (Lipinski definition) is 3. The Morgan fingerprint density at radius 1 is 1.42 bits per heavy atom. The topological polar surface area (TPSA) is 57.6 Å². The highest BCUT2D eigenvalue weighted by atomic mass is 16.3. The smallest absolute Gasteiger partial charge is 0.254 e. The van der Waals surface area contributed by atoms with Crippen molar-refractivity contribution < 1.29 is 14.7 Å². The molecule has 4 nitrogen and oxygen atoms in total. The Bertz CT molecular complexity index is 510. The van der Waals surface area contributed by atoms with Crippen LogP contribution in [-0.4, -0.2) is 34.3 Å². The Kier molecular flexibility index (Phi) is 3.88. The minimum atomic E-state index is -0.0981. The molecule has 0 spiro atoms. The minimum absolute atomic E-state index is 0.00782. The lowest BCUT2D eigenvalue weighted by atomic mass is 10.1. The number of Topliss-reactive ketones (excluding diaryl/α,β-unsaturated/α-hetero) is 1. The van der Waals surface area contributed by atoms with Gasteiger partial charge in [-0.05, 0) is 44.4 Å². The first-order chi connectivity index (χ1) is 8.99. The fourth-order valence-corrected chi connectivity index (χ4v) is 2.56. The molecule has 1 aromatic carbocycles. The van der Waals surface area contributed by atoms with Crippen LogP contribution in [0, 0.1) is 6.92 Å². The first kappa shape index (κ1) is 13.6. The maximum Gasteiger partial charge on any atom is 0.254 e. The van der Waals surface area contributed by atoms with Gasteiger partial charge in [-0.3, -0.25) is 9.59 Å². The molecule has 19 heavy (non-hydrogen) atoms. The Balaban J connectivity index is 2.18. The molecule has 0 radical (unpaired) electrons. The second kappa shape index (κ2) is 5.43. The molecule has 102 valence electrons. The second-order valence-corrected chi connectivity index (χ2v) is 5.20. The van der Waals surface area contributed by atoms with Gasteiger partial charge in [0.1, 0.15) is 11.5 Å². The predicted molar refractivity (Wildman–Crippen MR) is 72.2 cm³/mol. The highest BCUT2D eigenvalue weighted by Gasteiger charge is 2.30. The number of ketones is 1. The monoisotopic (exact) mass is 261 g/mol. The molecule has 1 heterocycles. The van der Waals surface area contributed by atoms with E-state index in [2.05, 4.69) is 0 Å². The third-order valence-corrected chi connectivity index (χ3v) is 3.62. The zero-order chi connectivity index (χ0) is 14.0. The van der Waals surface area contributed by atoms with Crippen molar-refractivity contribution in [1.29, 1.82) is 0 Å². The van der Waals surface area contributed by atoms with E-state index in [1.165, 1.54) is 6.07 Å². The van der Waals surface area contributed by atoms with E-state index in [-0.39, 0.29) is 23.5 Å². The summed E-state index contributed by atoms with van der Waals surface area (Å²) >= 11 is 0. The summed E-state index contributed by atoms with van der Waals surface area (Å²) in [5.74, 6) is 0.142. The lowest BCUT2D eigenvalue weighted by molar-refractivity contribution is -0.117. The molecule has 1 aromatic rings. The summed E-state index contributed by atoms with van der Waals surface area (Å²) in [6, 6.07) is 4.97. The first-order valence-corrected chi connectivity index (χ1v) is 6.59. The number of amides is 1. The van der Waals surface area contributed by atoms with Crippen LogP contribution in [0.2, 0.25) is 0 Å². The number of aryl methyl sites for hydroxylation is 1. The highest BCUT2D eigenvalue weighted by Crippen LogP contribution is 2.25. The molecule has 1 saturated heterocycles. The van der Waals surface area contributed by atoms with Crippen molar-refractivity contribution in [2.24, 2.45) is 0 Å². The van der Waals surface area contributed by atoms with Crippen LogP contribution in [0.15, 0.2) is 18.2 Å². The quantitative estimate of drug-likeness (QED) is 0.908. The fraction of sp³-hybridized carbons (Fsp3) is 0.467. The SMILES string of the molecule is CC(=O)CC1CCCN1C(=O)c1ccc(C)c(O)c1. The molecule has 0 saturated carbocycles. The third-order valence-electron chi connectivity index (χ3n) is 3.62. The second-order valence-electron chi connectivity index (χ2n) is 5.20. The van der Waals surface area contributed by atoms with E-state index in [1.54, 1.807) is 30.9 Å². The average Bonchev–Trinajstić information content (AvgIpc) is 2.79. The lowest BCUT2D eigenvalue weighted by Gasteiger charge is -2.24. The van der Waals surface area contributed by atoms with Crippen LogP contribution < -0.4 is 0 Å². The van der Waals surface area contributed by atoms with E-state index in [1.807, 2.05) is 0 Å². The molecule has 1 atom stereocenters. The molecule has 1 unspecified atom stereocenters. The Morgan fingerprint density at radius 3 is 2.79 bits per heavy atom. The van der Waals surface area contributed by atoms with Gasteiger partial charge in [-0.2, -0.15) is 0 Å². The minimum Gasteiger partial charge on any atom is -0.508 e. The maximum atomic E-state index is 12.4. The molecule has 0 aliphatic carbocycles. The number of hydrogen-bond donors (Lipinski definition) is 1. The number of likely N-dealkylation sites (tertiary alicyclic amines) is 1. The maximum absolute atomic E-state index is 12.4. The summed E-state index contributed by atoms with van der Waals surface area (Å²) in [6.45, 7) is 4.03. The van der Waals surface area contributed by atoms with E-state index in [9.17, 15) is 14.7 Å². The summed E-state index contributed by atoms with van der Waals surface area (Å²) in [5.41, 5.74) is 1.23. The lowest BCUT2D eigenvalue weighted by Crippen LogP contribution is -2.36. The van der Waals surface area contributed by atoms with Crippen molar-refractivity contribution in [3.05, 3.63) is 29.3 Å². The third kappa shape index (κ3) is 2.95. The predicted octanol–water partition coefficient (Wildman–Crippen LogP) is 2.28. The van der Waals surface area contributed by atoms with E-state index in [4.69, 9.17) is 0 Å². The van der Waals surface area contributed by atoms with Gasteiger partial charge in [0.2, 0.25) is 0 Å². The van der Waals surface area contributed by atoms with E-state index in [0.717, 1.165) is 18.4 Å². The van der Waals surface area contributed by atoms with Crippen molar-refractivity contribution in [3.63, 3.8) is 0 Å². The fourth-order valence-electron chi connectivity index (χ4n) is 2.56. The van der Waals surface area contributed by atoms with Crippen LogP contribution in [0.3, 0.4) is 0 Å². The molecule has 4 heteroatoms. The van der Waals surface area contributed by atoms with Gasteiger partial charge in [-0.1, -0.05) is 6.07 Å². The molecule has 1 aliphatic heterocycles. The number of carbonyl (C=O) groups is 2. The van der Waals surface area contributed by atoms with Crippen LogP contribution >= 0.6 is 0 Å². The molecular weight excluding hydrogens is 242 g/mol. The van der Waals surface area contributed by atoms with E-state index < -0.39 is 0 Å². The molecule has 1 N–H and O–H groups in total. The molecule has 2 rings (SSSR count). The summed E-state index contributed by atoms with van der Waals surface area (Å²) in [4.78, 5) is 25.4. The molecular formula is C15H19NO3. The number of rotatable bonds is 3. The summed E-state index contributed by atoms with van der Waals surface area (Å²) < 4.78 is 0. The van der Waals surface area contributed by atoms with E-state index >= 15 is 0 Å². The first-order valence-electron chi connectivity index (χ1n) is 6.59. The standard InChI is InChI=1S/C15H19NO3/c1-10-5-6-12(9-14(10)18)15(19)16-7-3-4-13(16)8-11(2)17/h5-6,9,13,18H,3-4,7-8H2,1-2H3. The van der Waals surface area contributed by atoms with Crippen molar-refractivity contribution >= 4 is 11.7 Å². The molecule has 1 fully saturated rings. The van der Waals surface area contributed by atoms with Gasteiger partial charge >= 0.3 is 0 Å². The van der Waals surface area contributed by atoms with E-state index in [0.29, 0.717) is 18.5 Å². The number of benzene rings is 1. The number of phenols is 1. The van der Waals surface area contributed by atoms with Gasteiger partial charge in [0.15, 0.2) is 0 Å². The molecule has 0 aromatic heterocycles. The highest BCUT2D eigenvalue weighted by molar-refractivity contribution is 5.95. The van der Waals surface area contributed by atoms with Crippen LogP contribution in [0.5, 0.6) is 5.75 Å². The Hall–Kier alpha value is -1.84. The molecule has 1 amide bonds. The van der Waals surface area contributed by atoms with Gasteiger partial charge in [0, 0.05) is 24.6 Å². The summed E-state index contributed by atoms with van der Waals surface area (Å²) in [5, 5.41) is 9.68. The van der Waals surface area contributed by atoms with Gasteiger partial charge in [-0.15, -0.1) is 0 Å². The van der Waals surface area contributed by atoms with Gasteiger partial charge < -0.3 is 10.0 Å². The average molecular weight is 261 g/mol. The Morgan fingerprint density at radius 2 is 2.16 bits per heavy atom. The van der Waals surface area contributed by atoms with Gasteiger partial charge in [0.05, 0.1) is 0 Å². The molecule has 0 bridgehead atoms. The zero-order valence-electron chi connectivity index (χ0n) is 11.3. The van der Waals surface area contributed by atoms with Crippen LogP contribution in [0.25, 0.3) is 0 Å². The van der Waals surface area contributed by atoms with Crippen molar-refractivity contribution in [3.8, 4) is 5.75 Å². The summed E-state index contributed by atoms with van der Waals surface area (Å²) in [6.07, 6.45) is 2.23. The van der Waals surface area contributed by atoms with Gasteiger partial charge in [-0.25, -0.2) is 0 Å². The zero-order valence-corrected chi connectivity index (χ0v) is 11.3. The Labute approximate surface area is 113 Å². The number of aromatic hydroxyl groups is 1. The van der Waals surface area contributed by atoms with Gasteiger partial charge in [0.25, 0.3) is 5.91 Å². The van der Waals surface area contributed by atoms with Crippen LogP contribution in [-0.2, 0) is 4.79 Å². The summed E-state index contributed by atoms with van der Waals surface area (Å²) in [7, 11) is 0. The van der Waals surface area contributed by atoms with Crippen LogP contribution in [0.4, 0.5) is 0 Å². The van der Waals surface area contributed by atoms with Crippen LogP contribution in [0.1, 0.15) is 42.1 Å². The van der Waals surface area contributed by atoms with Crippen molar-refractivity contribution in [2.75, 3.05) is 6.54 Å². The molecule has 1 aliphatic rings. The number of carbonyl (C=O) groups excluding carboxylic acids is 2. The normalized spacial score (nSPS) is 18.6. The number of phenolic OH excluding ortho intramolecular Hbond substituents is 1. The van der Waals surface area contributed by atoms with Crippen molar-refractivity contribution in [2.45, 2.75) is 39.2 Å².